The lowest BCUT2D eigenvalue weighted by atomic mass is 9.80. The van der Waals surface area contributed by atoms with Crippen LogP contribution in [-0.4, -0.2) is 95.6 Å². The van der Waals surface area contributed by atoms with Crippen LogP contribution in [-0.2, 0) is 25.7 Å². The van der Waals surface area contributed by atoms with Crippen molar-refractivity contribution < 1.29 is 23.9 Å². The second-order valence-corrected chi connectivity index (χ2v) is 10.2. The maximum atomic E-state index is 13.2. The molecule has 9 nitrogen and oxygen atoms in total. The SMILES string of the molecule is CC(=O)N1CCN(C(=O)C[C@@H]2CCN3C[C@@H]2CCCOc2ccccc2CN(C(C)=O)CC3=O)CC1. The molecule has 36 heavy (non-hydrogen) atoms. The highest BCUT2D eigenvalue weighted by atomic mass is 16.5. The van der Waals surface area contributed by atoms with Gasteiger partial charge in [-0.15, -0.1) is 0 Å². The van der Waals surface area contributed by atoms with Gasteiger partial charge in [0.25, 0.3) is 0 Å². The van der Waals surface area contributed by atoms with Gasteiger partial charge in [-0.3, -0.25) is 19.2 Å². The van der Waals surface area contributed by atoms with Gasteiger partial charge in [-0.1, -0.05) is 18.2 Å². The Bertz CT molecular complexity index is 975. The van der Waals surface area contributed by atoms with E-state index in [9.17, 15) is 19.2 Å². The molecule has 2 saturated heterocycles. The molecule has 1 aromatic rings. The smallest absolute Gasteiger partial charge is 0.242 e. The maximum absolute atomic E-state index is 13.2. The predicted octanol–water partition coefficient (Wildman–Crippen LogP) is 1.75. The molecule has 0 radical (unpaired) electrons. The van der Waals surface area contributed by atoms with Gasteiger partial charge in [-0.05, 0) is 37.2 Å². The van der Waals surface area contributed by atoms with Crippen LogP contribution in [0, 0.1) is 11.8 Å². The average Bonchev–Trinajstić information content (AvgIpc) is 2.88. The van der Waals surface area contributed by atoms with Crippen LogP contribution in [0.1, 0.15) is 45.1 Å². The fourth-order valence-corrected chi connectivity index (χ4v) is 5.58. The van der Waals surface area contributed by atoms with Gasteiger partial charge in [-0.25, -0.2) is 0 Å². The number of para-hydroxylation sites is 1. The molecule has 3 aliphatic heterocycles. The van der Waals surface area contributed by atoms with Crippen molar-refractivity contribution in [1.29, 1.82) is 0 Å². The minimum absolute atomic E-state index is 0.0421. The van der Waals surface area contributed by atoms with Crippen molar-refractivity contribution in [2.75, 3.05) is 52.4 Å². The number of carbonyl (C=O) groups excluding carboxylic acids is 4. The fourth-order valence-electron chi connectivity index (χ4n) is 5.58. The number of carbonyl (C=O) groups is 4. The first-order chi connectivity index (χ1) is 17.3. The summed E-state index contributed by atoms with van der Waals surface area (Å²) in [6.45, 7) is 7.52. The van der Waals surface area contributed by atoms with E-state index < -0.39 is 0 Å². The minimum Gasteiger partial charge on any atom is -0.493 e. The number of ether oxygens (including phenoxy) is 1. The number of benzene rings is 1. The Hall–Kier alpha value is -3.10. The molecule has 0 spiro atoms. The van der Waals surface area contributed by atoms with E-state index in [1.807, 2.05) is 34.1 Å². The lowest BCUT2D eigenvalue weighted by Gasteiger charge is -2.40. The molecular formula is C27H38N4O5. The van der Waals surface area contributed by atoms with E-state index in [2.05, 4.69) is 0 Å². The number of amides is 4. The molecule has 2 fully saturated rings. The van der Waals surface area contributed by atoms with Crippen LogP contribution >= 0.6 is 0 Å². The zero-order chi connectivity index (χ0) is 25.7. The van der Waals surface area contributed by atoms with Crippen molar-refractivity contribution in [3.63, 3.8) is 0 Å². The third kappa shape index (κ3) is 6.36. The summed E-state index contributed by atoms with van der Waals surface area (Å²) in [5.74, 6) is 1.16. The van der Waals surface area contributed by atoms with E-state index in [4.69, 9.17) is 4.74 Å². The molecule has 4 amide bonds. The summed E-state index contributed by atoms with van der Waals surface area (Å²) in [6.07, 6.45) is 2.95. The van der Waals surface area contributed by atoms with Gasteiger partial charge in [0, 0.05) is 71.6 Å². The number of hydrogen-bond acceptors (Lipinski definition) is 5. The molecule has 0 aromatic heterocycles. The Morgan fingerprint density at radius 1 is 0.889 bits per heavy atom. The van der Waals surface area contributed by atoms with E-state index in [-0.39, 0.29) is 42.0 Å². The lowest BCUT2D eigenvalue weighted by molar-refractivity contribution is -0.143. The van der Waals surface area contributed by atoms with Gasteiger partial charge < -0.3 is 24.3 Å². The largest absolute Gasteiger partial charge is 0.493 e. The van der Waals surface area contributed by atoms with E-state index >= 15 is 0 Å². The Kier molecular flexibility index (Phi) is 8.48. The zero-order valence-electron chi connectivity index (χ0n) is 21.5. The normalized spacial score (nSPS) is 23.6. The van der Waals surface area contributed by atoms with Crippen LogP contribution in [0.5, 0.6) is 5.75 Å². The summed E-state index contributed by atoms with van der Waals surface area (Å²) in [5, 5.41) is 0. The second-order valence-electron chi connectivity index (χ2n) is 10.2. The summed E-state index contributed by atoms with van der Waals surface area (Å²) in [5.41, 5.74) is 0.895. The summed E-state index contributed by atoms with van der Waals surface area (Å²) < 4.78 is 6.09. The quantitative estimate of drug-likeness (QED) is 0.620. The van der Waals surface area contributed by atoms with Crippen LogP contribution in [0.3, 0.4) is 0 Å². The van der Waals surface area contributed by atoms with E-state index in [1.54, 1.807) is 16.7 Å². The first-order valence-corrected chi connectivity index (χ1v) is 13.1. The Balaban J connectivity index is 1.44. The summed E-state index contributed by atoms with van der Waals surface area (Å²) in [7, 11) is 0. The van der Waals surface area contributed by atoms with Gasteiger partial charge in [0.1, 0.15) is 12.3 Å². The molecule has 2 atom stereocenters. The molecule has 0 N–H and O–H groups in total. The molecular weight excluding hydrogens is 460 g/mol. The van der Waals surface area contributed by atoms with Crippen LogP contribution in [0.25, 0.3) is 0 Å². The van der Waals surface area contributed by atoms with E-state index in [0.717, 1.165) is 30.6 Å². The van der Waals surface area contributed by atoms with Gasteiger partial charge >= 0.3 is 0 Å². The number of rotatable bonds is 2. The van der Waals surface area contributed by atoms with Gasteiger partial charge in [-0.2, -0.15) is 0 Å². The van der Waals surface area contributed by atoms with Crippen molar-refractivity contribution in [1.82, 2.24) is 19.6 Å². The maximum Gasteiger partial charge on any atom is 0.242 e. The highest BCUT2D eigenvalue weighted by Gasteiger charge is 2.35. The molecule has 3 aliphatic rings. The van der Waals surface area contributed by atoms with Gasteiger partial charge in [0.15, 0.2) is 0 Å². The van der Waals surface area contributed by atoms with E-state index in [0.29, 0.717) is 58.8 Å². The third-order valence-corrected chi connectivity index (χ3v) is 7.84. The Morgan fingerprint density at radius 3 is 2.31 bits per heavy atom. The van der Waals surface area contributed by atoms with Crippen LogP contribution in [0.4, 0.5) is 0 Å². The molecule has 0 aliphatic carbocycles. The standard InChI is InChI=1S/C27H38N4O5/c1-20(32)28-11-13-29(14-12-28)26(34)16-22-9-10-30-17-23(22)7-5-15-36-25-8-4-3-6-24(25)18-31(21(2)33)19-27(30)35/h3-4,6,8,22-23H,5,7,9-19H2,1-2H3/t22-,23-/m0/s1. The minimum atomic E-state index is -0.144. The monoisotopic (exact) mass is 498 g/mol. The van der Waals surface area contributed by atoms with Gasteiger partial charge in [0.2, 0.25) is 23.6 Å². The predicted molar refractivity (Wildman–Crippen MR) is 134 cm³/mol. The highest BCUT2D eigenvalue weighted by molar-refractivity contribution is 5.84. The van der Waals surface area contributed by atoms with Crippen LogP contribution in [0.2, 0.25) is 0 Å². The lowest BCUT2D eigenvalue weighted by Crippen LogP contribution is -2.51. The first-order valence-electron chi connectivity index (χ1n) is 13.1. The van der Waals surface area contributed by atoms with Gasteiger partial charge in [0.05, 0.1) is 6.61 Å². The molecule has 0 saturated carbocycles. The highest BCUT2D eigenvalue weighted by Crippen LogP contribution is 2.32. The Labute approximate surface area is 213 Å². The van der Waals surface area contributed by atoms with E-state index in [1.165, 1.54) is 6.92 Å². The van der Waals surface area contributed by atoms with Crippen molar-refractivity contribution in [2.24, 2.45) is 11.8 Å². The summed E-state index contributed by atoms with van der Waals surface area (Å²) >= 11 is 0. The topological polar surface area (TPSA) is 90.5 Å². The van der Waals surface area contributed by atoms with Crippen molar-refractivity contribution in [3.8, 4) is 5.75 Å². The van der Waals surface area contributed by atoms with Crippen LogP contribution < -0.4 is 4.74 Å². The number of piperazine rings is 1. The molecule has 9 heteroatoms. The fraction of sp³-hybridized carbons (Fsp3) is 0.630. The number of hydrogen-bond donors (Lipinski definition) is 0. The summed E-state index contributed by atoms with van der Waals surface area (Å²) in [6, 6.07) is 7.67. The number of fused-ring (bicyclic) bond motifs is 3. The first kappa shape index (κ1) is 26.0. The molecule has 4 rings (SSSR count). The Morgan fingerprint density at radius 2 is 1.58 bits per heavy atom. The summed E-state index contributed by atoms with van der Waals surface area (Å²) in [4.78, 5) is 57.4. The molecule has 1 aromatic carbocycles. The third-order valence-electron chi connectivity index (χ3n) is 7.84. The van der Waals surface area contributed by atoms with Crippen LogP contribution in [0.15, 0.2) is 24.3 Å². The molecule has 3 heterocycles. The van der Waals surface area contributed by atoms with Crippen molar-refractivity contribution in [3.05, 3.63) is 29.8 Å². The second kappa shape index (κ2) is 11.8. The molecule has 2 bridgehead atoms. The molecule has 0 unspecified atom stereocenters. The van der Waals surface area contributed by atoms with Crippen molar-refractivity contribution in [2.45, 2.75) is 46.1 Å². The zero-order valence-corrected chi connectivity index (χ0v) is 21.5. The average molecular weight is 499 g/mol. The van der Waals surface area contributed by atoms with Crippen molar-refractivity contribution >= 4 is 23.6 Å². The number of nitrogens with zero attached hydrogens (tertiary/aromatic N) is 4. The molecule has 196 valence electrons. The number of piperidine rings is 1.